The molecule has 0 bridgehead atoms. The van der Waals surface area contributed by atoms with Crippen molar-refractivity contribution in [1.82, 2.24) is 4.57 Å². The number of halogens is 1. The summed E-state index contributed by atoms with van der Waals surface area (Å²) in [6.07, 6.45) is 10.1. The van der Waals surface area contributed by atoms with Gasteiger partial charge in [-0.05, 0) is 91.1 Å². The van der Waals surface area contributed by atoms with E-state index in [1.165, 1.54) is 78.4 Å². The van der Waals surface area contributed by atoms with E-state index in [1.807, 2.05) is 25.1 Å². The number of phenols is 1. The van der Waals surface area contributed by atoms with Gasteiger partial charge in [-0.3, -0.25) is 0 Å². The van der Waals surface area contributed by atoms with E-state index < -0.39 is 0 Å². The average molecular weight is 485 g/mol. The molecule has 2 fully saturated rings. The molecule has 1 aliphatic heterocycles. The Balaban J connectivity index is 0.000000868. The van der Waals surface area contributed by atoms with E-state index in [0.717, 1.165) is 23.5 Å². The third kappa shape index (κ3) is 5.24. The van der Waals surface area contributed by atoms with Crippen LogP contribution in [0.1, 0.15) is 67.7 Å². The lowest BCUT2D eigenvalue weighted by Gasteiger charge is -2.27. The van der Waals surface area contributed by atoms with Gasteiger partial charge in [0.1, 0.15) is 11.6 Å². The topological polar surface area (TPSA) is 74.8 Å². The minimum absolute atomic E-state index is 0.157. The van der Waals surface area contributed by atoms with Crippen molar-refractivity contribution in [3.63, 3.8) is 0 Å². The molecule has 0 spiro atoms. The maximum Gasteiger partial charge on any atom is 0.152 e. The first-order chi connectivity index (χ1) is 16.5. The zero-order valence-electron chi connectivity index (χ0n) is 19.7. The third-order valence-corrected chi connectivity index (χ3v) is 8.37. The number of phenolic OH excluding ortho intramolecular Hbond substituents is 1. The number of hydrogen-bond donors (Lipinski definition) is 2. The Morgan fingerprint density at radius 2 is 1.76 bits per heavy atom. The average Bonchev–Trinajstić information content (AvgIpc) is 3.16. The second-order valence-corrected chi connectivity index (χ2v) is 10.7. The monoisotopic (exact) mass is 484 g/mol. The molecule has 1 saturated heterocycles. The van der Waals surface area contributed by atoms with Gasteiger partial charge in [0.15, 0.2) is 5.34 Å². The molecule has 2 aromatic carbocycles. The fourth-order valence-electron chi connectivity index (χ4n) is 5.70. The molecule has 3 aromatic rings. The molecule has 1 aromatic heterocycles. The summed E-state index contributed by atoms with van der Waals surface area (Å²) in [4.78, 5) is 8.11. The predicted molar refractivity (Wildman–Crippen MR) is 137 cm³/mol. The summed E-state index contributed by atoms with van der Waals surface area (Å²) >= 11 is 2.05. The van der Waals surface area contributed by atoms with Gasteiger partial charge >= 0.3 is 0 Å². The van der Waals surface area contributed by atoms with Gasteiger partial charge in [0.25, 0.3) is 0 Å². The standard InChI is InChI=1S/C27H32FNOS.HNO2/c1-18-15-21(7-9-25(18)28)29-26-10-8-22(30)17-23(26)24(16-19-5-3-2-4-6-19)27(29)20-11-13-31-14-12-20;2-1-3/h7-10,15,17,19-20,30H,2-6,11-14,16H2,1H3;(H,2,3). The molecule has 2 N–H and O–H groups in total. The molecule has 0 amide bonds. The Hall–Kier alpha value is -2.54. The number of benzene rings is 2. The zero-order valence-corrected chi connectivity index (χ0v) is 20.5. The second kappa shape index (κ2) is 11.3. The van der Waals surface area contributed by atoms with Crippen molar-refractivity contribution in [3.05, 3.63) is 63.9 Å². The van der Waals surface area contributed by atoms with Gasteiger partial charge in [-0.25, -0.2) is 4.39 Å². The van der Waals surface area contributed by atoms with Gasteiger partial charge in [0.05, 0.1) is 5.52 Å². The molecule has 5 rings (SSSR count). The van der Waals surface area contributed by atoms with Crippen LogP contribution in [0.5, 0.6) is 5.75 Å². The smallest absolute Gasteiger partial charge is 0.152 e. The summed E-state index contributed by atoms with van der Waals surface area (Å²) in [5.74, 6) is 3.80. The van der Waals surface area contributed by atoms with Crippen LogP contribution in [0.2, 0.25) is 0 Å². The van der Waals surface area contributed by atoms with Crippen LogP contribution < -0.4 is 0 Å². The highest BCUT2D eigenvalue weighted by Gasteiger charge is 2.28. The molecular weight excluding hydrogens is 451 g/mol. The van der Waals surface area contributed by atoms with Crippen molar-refractivity contribution in [1.29, 1.82) is 0 Å². The molecule has 0 atom stereocenters. The van der Waals surface area contributed by atoms with Crippen LogP contribution in [-0.2, 0) is 6.42 Å². The van der Waals surface area contributed by atoms with Crippen LogP contribution in [-0.4, -0.2) is 26.4 Å². The van der Waals surface area contributed by atoms with E-state index in [-0.39, 0.29) is 5.82 Å². The van der Waals surface area contributed by atoms with E-state index in [0.29, 0.717) is 17.2 Å². The molecule has 7 heteroatoms. The summed E-state index contributed by atoms with van der Waals surface area (Å²) in [5.41, 5.74) is 5.70. The van der Waals surface area contributed by atoms with E-state index in [9.17, 15) is 9.50 Å². The van der Waals surface area contributed by atoms with Crippen molar-refractivity contribution < 1.29 is 14.7 Å². The molecule has 1 aliphatic carbocycles. The molecule has 2 heterocycles. The first kappa shape index (κ1) is 24.6. The lowest BCUT2D eigenvalue weighted by atomic mass is 9.82. The highest BCUT2D eigenvalue weighted by Crippen LogP contribution is 2.43. The van der Waals surface area contributed by atoms with Crippen LogP contribution in [0.4, 0.5) is 4.39 Å². The van der Waals surface area contributed by atoms with Crippen molar-refractivity contribution in [2.45, 2.75) is 64.2 Å². The minimum atomic E-state index is -0.157. The van der Waals surface area contributed by atoms with E-state index in [1.54, 1.807) is 12.1 Å². The van der Waals surface area contributed by atoms with Crippen LogP contribution in [0.25, 0.3) is 16.6 Å². The van der Waals surface area contributed by atoms with Gasteiger partial charge in [-0.1, -0.05) is 32.1 Å². The van der Waals surface area contributed by atoms with Gasteiger partial charge in [-0.15, -0.1) is 4.91 Å². The molecule has 182 valence electrons. The maximum absolute atomic E-state index is 14.1. The van der Waals surface area contributed by atoms with Gasteiger partial charge in [-0.2, -0.15) is 11.8 Å². The number of nitrogens with zero attached hydrogens (tertiary/aromatic N) is 2. The van der Waals surface area contributed by atoms with Crippen molar-refractivity contribution >= 4 is 22.7 Å². The fourth-order valence-corrected chi connectivity index (χ4v) is 6.81. The summed E-state index contributed by atoms with van der Waals surface area (Å²) in [6, 6.07) is 11.3. The molecule has 2 aliphatic rings. The molecule has 1 saturated carbocycles. The number of fused-ring (bicyclic) bond motifs is 1. The molecule has 0 unspecified atom stereocenters. The summed E-state index contributed by atoms with van der Waals surface area (Å²) in [7, 11) is 0. The van der Waals surface area contributed by atoms with Crippen LogP contribution in [0.15, 0.2) is 41.7 Å². The first-order valence-electron chi connectivity index (χ1n) is 12.2. The van der Waals surface area contributed by atoms with E-state index in [2.05, 4.69) is 22.4 Å². The predicted octanol–water partition coefficient (Wildman–Crippen LogP) is 7.66. The van der Waals surface area contributed by atoms with Crippen molar-refractivity contribution in [3.8, 4) is 11.4 Å². The lowest BCUT2D eigenvalue weighted by molar-refractivity contribution is 0.312. The van der Waals surface area contributed by atoms with Gasteiger partial charge in [0.2, 0.25) is 0 Å². The summed E-state index contributed by atoms with van der Waals surface area (Å²) in [5, 5.41) is 19.4. The Morgan fingerprint density at radius 3 is 2.44 bits per heavy atom. The Morgan fingerprint density at radius 1 is 1.06 bits per heavy atom. The van der Waals surface area contributed by atoms with Crippen molar-refractivity contribution in [2.24, 2.45) is 11.3 Å². The van der Waals surface area contributed by atoms with Crippen molar-refractivity contribution in [2.75, 3.05) is 11.5 Å². The fraction of sp³-hybridized carbons (Fsp3) is 0.481. The largest absolute Gasteiger partial charge is 0.508 e. The number of aromatic hydroxyl groups is 1. The third-order valence-electron chi connectivity index (χ3n) is 7.32. The summed E-state index contributed by atoms with van der Waals surface area (Å²) in [6.45, 7) is 1.84. The number of rotatable bonds is 4. The number of thioether (sulfide) groups is 1. The lowest BCUT2D eigenvalue weighted by Crippen LogP contribution is -2.16. The molecule has 0 radical (unpaired) electrons. The quantitative estimate of drug-likeness (QED) is 0.294. The normalized spacial score (nSPS) is 17.4. The van der Waals surface area contributed by atoms with Crippen LogP contribution in [0, 0.1) is 23.6 Å². The Bertz CT molecular complexity index is 1130. The van der Waals surface area contributed by atoms with Crippen LogP contribution in [0.3, 0.4) is 0 Å². The van der Waals surface area contributed by atoms with E-state index >= 15 is 0 Å². The second-order valence-electron chi connectivity index (χ2n) is 9.51. The number of aromatic nitrogens is 1. The Labute approximate surface area is 204 Å². The first-order valence-corrected chi connectivity index (χ1v) is 13.4. The minimum Gasteiger partial charge on any atom is -0.508 e. The summed E-state index contributed by atoms with van der Waals surface area (Å²) < 4.78 is 16.5. The number of aryl methyl sites for hydroxylation is 1. The maximum atomic E-state index is 14.1. The zero-order chi connectivity index (χ0) is 24.1. The van der Waals surface area contributed by atoms with Gasteiger partial charge in [0, 0.05) is 22.7 Å². The highest BCUT2D eigenvalue weighted by atomic mass is 32.2. The highest BCUT2D eigenvalue weighted by molar-refractivity contribution is 7.99. The SMILES string of the molecule is Cc1cc(-n2c(C3CCSCC3)c(CC3CCCCC3)c3cc(O)ccc32)ccc1F.O=NO. The van der Waals surface area contributed by atoms with Crippen LogP contribution >= 0.6 is 11.8 Å². The molecular formula is C27H33FN2O3S. The molecule has 5 nitrogen and oxygen atoms in total. The Kier molecular flexibility index (Phi) is 8.14. The number of hydrogen-bond acceptors (Lipinski definition) is 4. The van der Waals surface area contributed by atoms with Gasteiger partial charge < -0.3 is 14.9 Å². The van der Waals surface area contributed by atoms with E-state index in [4.69, 9.17) is 10.1 Å². The molecule has 34 heavy (non-hydrogen) atoms.